The summed E-state index contributed by atoms with van der Waals surface area (Å²) in [6.07, 6.45) is 2.69. The van der Waals surface area contributed by atoms with Gasteiger partial charge < -0.3 is 15.4 Å². The first-order valence-corrected chi connectivity index (χ1v) is 6.75. The number of anilines is 2. The lowest BCUT2D eigenvalue weighted by Gasteiger charge is -2.32. The molecule has 0 amide bonds. The molecule has 1 aliphatic carbocycles. The first-order valence-electron chi connectivity index (χ1n) is 6.75. The molecule has 0 spiro atoms. The molecule has 1 atom stereocenters. The number of benzene rings is 1. The molecule has 100 valence electrons. The Morgan fingerprint density at radius 1 is 1.44 bits per heavy atom. The highest BCUT2D eigenvalue weighted by molar-refractivity contribution is 5.69. The molecule has 18 heavy (non-hydrogen) atoms. The molecule has 1 aromatic carbocycles. The van der Waals surface area contributed by atoms with Crippen molar-refractivity contribution in [1.29, 1.82) is 0 Å². The third kappa shape index (κ3) is 2.96. The van der Waals surface area contributed by atoms with Crippen molar-refractivity contribution in [2.45, 2.75) is 32.7 Å². The van der Waals surface area contributed by atoms with E-state index in [1.807, 2.05) is 6.07 Å². The smallest absolute Gasteiger partial charge is 0.0637 e. The molecule has 0 aliphatic heterocycles. The molecular formula is C15H24N2O. The number of nitrogens with zero attached hydrogens (tertiary/aromatic N) is 1. The first kappa shape index (κ1) is 13.2. The summed E-state index contributed by atoms with van der Waals surface area (Å²) in [4.78, 5) is 2.41. The van der Waals surface area contributed by atoms with Crippen molar-refractivity contribution in [2.75, 3.05) is 30.9 Å². The van der Waals surface area contributed by atoms with E-state index in [-0.39, 0.29) is 0 Å². The number of rotatable bonds is 6. The van der Waals surface area contributed by atoms with Crippen LogP contribution in [0.1, 0.15) is 25.3 Å². The highest BCUT2D eigenvalue weighted by atomic mass is 16.5. The van der Waals surface area contributed by atoms with Crippen LogP contribution >= 0.6 is 0 Å². The van der Waals surface area contributed by atoms with E-state index in [4.69, 9.17) is 10.5 Å². The summed E-state index contributed by atoms with van der Waals surface area (Å²) in [6, 6.07) is 6.80. The zero-order valence-electron chi connectivity index (χ0n) is 11.6. The van der Waals surface area contributed by atoms with Crippen LogP contribution in [0.15, 0.2) is 18.2 Å². The van der Waals surface area contributed by atoms with E-state index in [1.54, 1.807) is 7.11 Å². The highest BCUT2D eigenvalue weighted by Gasteiger charge is 2.32. The third-order valence-corrected chi connectivity index (χ3v) is 3.83. The van der Waals surface area contributed by atoms with Crippen molar-refractivity contribution in [3.05, 3.63) is 23.8 Å². The minimum Gasteiger partial charge on any atom is -0.397 e. The molecule has 1 unspecified atom stereocenters. The molecule has 1 aliphatic rings. The normalized spacial score (nSPS) is 16.6. The fraction of sp³-hybridized carbons (Fsp3) is 0.600. The Balaban J connectivity index is 2.22. The molecular weight excluding hydrogens is 224 g/mol. The highest BCUT2D eigenvalue weighted by Crippen LogP contribution is 2.38. The number of hydrogen-bond donors (Lipinski definition) is 1. The van der Waals surface area contributed by atoms with Crippen molar-refractivity contribution < 1.29 is 4.74 Å². The lowest BCUT2D eigenvalue weighted by molar-refractivity contribution is 0.203. The molecule has 0 heterocycles. The molecule has 2 rings (SSSR count). The van der Waals surface area contributed by atoms with Crippen molar-refractivity contribution in [3.8, 4) is 0 Å². The van der Waals surface area contributed by atoms with Crippen molar-refractivity contribution >= 4 is 11.4 Å². The molecule has 2 N–H and O–H groups in total. The monoisotopic (exact) mass is 248 g/mol. The number of hydrogen-bond acceptors (Lipinski definition) is 3. The SMILES string of the molecule is COCCN(c1cc(C)ccc1N)C(C)C1CC1. The first-order chi connectivity index (χ1) is 8.63. The van der Waals surface area contributed by atoms with E-state index in [0.717, 1.165) is 30.4 Å². The summed E-state index contributed by atoms with van der Waals surface area (Å²) in [5.41, 5.74) is 9.42. The van der Waals surface area contributed by atoms with Gasteiger partial charge in [0.1, 0.15) is 0 Å². The maximum Gasteiger partial charge on any atom is 0.0637 e. The van der Waals surface area contributed by atoms with Gasteiger partial charge in [0.05, 0.1) is 18.0 Å². The lowest BCUT2D eigenvalue weighted by Crippen LogP contribution is -2.37. The predicted molar refractivity (Wildman–Crippen MR) is 77.0 cm³/mol. The summed E-state index contributed by atoms with van der Waals surface area (Å²) >= 11 is 0. The van der Waals surface area contributed by atoms with Crippen molar-refractivity contribution in [2.24, 2.45) is 5.92 Å². The van der Waals surface area contributed by atoms with E-state index in [2.05, 4.69) is 30.9 Å². The molecule has 1 fully saturated rings. The average molecular weight is 248 g/mol. The van der Waals surface area contributed by atoms with Crippen LogP contribution in [0.5, 0.6) is 0 Å². The largest absolute Gasteiger partial charge is 0.397 e. The third-order valence-electron chi connectivity index (χ3n) is 3.83. The van der Waals surface area contributed by atoms with E-state index < -0.39 is 0 Å². The van der Waals surface area contributed by atoms with Crippen LogP contribution in [0.2, 0.25) is 0 Å². The average Bonchev–Trinajstić information content (AvgIpc) is 3.17. The second-order valence-corrected chi connectivity index (χ2v) is 5.33. The van der Waals surface area contributed by atoms with E-state index >= 15 is 0 Å². The number of ether oxygens (including phenoxy) is 1. The standard InChI is InChI=1S/C15H24N2O/c1-11-4-7-14(16)15(10-11)17(8-9-18-3)12(2)13-5-6-13/h4,7,10,12-13H,5-6,8-9,16H2,1-3H3. The maximum atomic E-state index is 6.14. The van der Waals surface area contributed by atoms with E-state index in [9.17, 15) is 0 Å². The molecule has 0 saturated heterocycles. The van der Waals surface area contributed by atoms with Crippen LogP contribution in [-0.4, -0.2) is 26.3 Å². The Hall–Kier alpha value is -1.22. The van der Waals surface area contributed by atoms with Gasteiger partial charge >= 0.3 is 0 Å². The Bertz CT molecular complexity index is 401. The van der Waals surface area contributed by atoms with Crippen LogP contribution in [0, 0.1) is 12.8 Å². The Labute approximate surface area is 110 Å². The summed E-state index contributed by atoms with van der Waals surface area (Å²) in [7, 11) is 1.75. The number of nitrogens with two attached hydrogens (primary N) is 1. The van der Waals surface area contributed by atoms with Gasteiger partial charge in [-0.15, -0.1) is 0 Å². The topological polar surface area (TPSA) is 38.5 Å². The summed E-state index contributed by atoms with van der Waals surface area (Å²) in [6.45, 7) is 6.06. The summed E-state index contributed by atoms with van der Waals surface area (Å²) < 4.78 is 5.23. The van der Waals surface area contributed by atoms with Crippen LogP contribution in [0.4, 0.5) is 11.4 Å². The summed E-state index contributed by atoms with van der Waals surface area (Å²) in [5, 5.41) is 0. The predicted octanol–water partition coefficient (Wildman–Crippen LogP) is 2.83. The van der Waals surface area contributed by atoms with Gasteiger partial charge in [0, 0.05) is 19.7 Å². The number of aryl methyl sites for hydroxylation is 1. The van der Waals surface area contributed by atoms with Crippen LogP contribution in [0.25, 0.3) is 0 Å². The van der Waals surface area contributed by atoms with E-state index in [0.29, 0.717) is 6.04 Å². The zero-order chi connectivity index (χ0) is 13.1. The van der Waals surface area contributed by atoms with E-state index in [1.165, 1.54) is 18.4 Å². The van der Waals surface area contributed by atoms with Gasteiger partial charge in [0.2, 0.25) is 0 Å². The molecule has 1 saturated carbocycles. The van der Waals surface area contributed by atoms with Gasteiger partial charge in [-0.2, -0.15) is 0 Å². The second kappa shape index (κ2) is 5.61. The van der Waals surface area contributed by atoms with Crippen LogP contribution < -0.4 is 10.6 Å². The fourth-order valence-corrected chi connectivity index (χ4v) is 2.47. The molecule has 3 heteroatoms. The fourth-order valence-electron chi connectivity index (χ4n) is 2.47. The lowest BCUT2D eigenvalue weighted by atomic mass is 10.1. The zero-order valence-corrected chi connectivity index (χ0v) is 11.6. The molecule has 3 nitrogen and oxygen atoms in total. The van der Waals surface area contributed by atoms with Crippen molar-refractivity contribution in [3.63, 3.8) is 0 Å². The van der Waals surface area contributed by atoms with Gasteiger partial charge in [0.25, 0.3) is 0 Å². The summed E-state index contributed by atoms with van der Waals surface area (Å²) in [5.74, 6) is 0.821. The Morgan fingerprint density at radius 3 is 2.78 bits per heavy atom. The maximum absolute atomic E-state index is 6.14. The minimum absolute atomic E-state index is 0.546. The molecule has 1 aromatic rings. The van der Waals surface area contributed by atoms with Gasteiger partial charge in [-0.25, -0.2) is 0 Å². The Morgan fingerprint density at radius 2 is 2.17 bits per heavy atom. The molecule has 0 radical (unpaired) electrons. The number of nitrogen functional groups attached to an aromatic ring is 1. The molecule has 0 bridgehead atoms. The Kier molecular flexibility index (Phi) is 4.12. The van der Waals surface area contributed by atoms with Crippen molar-refractivity contribution in [1.82, 2.24) is 0 Å². The minimum atomic E-state index is 0.546. The van der Waals surface area contributed by atoms with Gasteiger partial charge in [-0.3, -0.25) is 0 Å². The van der Waals surface area contributed by atoms with Crippen LogP contribution in [0.3, 0.4) is 0 Å². The molecule has 0 aromatic heterocycles. The number of methoxy groups -OCH3 is 1. The van der Waals surface area contributed by atoms with Crippen LogP contribution in [-0.2, 0) is 4.74 Å². The van der Waals surface area contributed by atoms with Gasteiger partial charge in [0.15, 0.2) is 0 Å². The van der Waals surface area contributed by atoms with Gasteiger partial charge in [-0.05, 0) is 50.3 Å². The quantitative estimate of drug-likeness (QED) is 0.787. The second-order valence-electron chi connectivity index (χ2n) is 5.33. The van der Waals surface area contributed by atoms with Gasteiger partial charge in [-0.1, -0.05) is 6.07 Å².